The van der Waals surface area contributed by atoms with Gasteiger partial charge in [0.1, 0.15) is 0 Å². The first-order valence-electron chi connectivity index (χ1n) is 8.29. The molecule has 1 aliphatic heterocycles. The van der Waals surface area contributed by atoms with Crippen LogP contribution in [-0.2, 0) is 11.2 Å². The van der Waals surface area contributed by atoms with Crippen molar-refractivity contribution in [1.82, 2.24) is 9.55 Å². The number of aryl methyl sites for hydroxylation is 1. The van der Waals surface area contributed by atoms with E-state index in [1.807, 2.05) is 13.0 Å². The third-order valence-corrected chi connectivity index (χ3v) is 5.72. The number of hydrogen-bond donors (Lipinski definition) is 1. The maximum Gasteiger partial charge on any atom is 0.254 e. The van der Waals surface area contributed by atoms with Crippen molar-refractivity contribution in [3.05, 3.63) is 50.9 Å². The van der Waals surface area contributed by atoms with E-state index < -0.39 is 0 Å². The predicted molar refractivity (Wildman–Crippen MR) is 102 cm³/mol. The van der Waals surface area contributed by atoms with Crippen molar-refractivity contribution >= 4 is 35.0 Å². The van der Waals surface area contributed by atoms with Crippen molar-refractivity contribution in [2.45, 2.75) is 44.3 Å². The van der Waals surface area contributed by atoms with Crippen molar-refractivity contribution in [2.24, 2.45) is 0 Å². The number of anilines is 1. The second kappa shape index (κ2) is 7.62. The Kier molecular flexibility index (Phi) is 5.49. The highest BCUT2D eigenvalue weighted by Gasteiger charge is 2.27. The zero-order valence-corrected chi connectivity index (χ0v) is 15.8. The number of halogens is 1. The molecule has 0 aliphatic carbocycles. The summed E-state index contributed by atoms with van der Waals surface area (Å²) < 4.78 is 1.65. The van der Waals surface area contributed by atoms with Crippen LogP contribution in [0, 0.1) is 6.92 Å². The maximum atomic E-state index is 12.4. The number of aromatic nitrogens is 2. The first-order chi connectivity index (χ1) is 12.0. The first kappa shape index (κ1) is 18.0. The molecular formula is C18H20ClN3O2S. The third kappa shape index (κ3) is 3.90. The van der Waals surface area contributed by atoms with Gasteiger partial charge < -0.3 is 5.32 Å². The minimum absolute atomic E-state index is 0.0739. The summed E-state index contributed by atoms with van der Waals surface area (Å²) in [6, 6.07) is 6.83. The summed E-state index contributed by atoms with van der Waals surface area (Å²) >= 11 is 7.62. The van der Waals surface area contributed by atoms with Crippen LogP contribution in [0.15, 0.2) is 34.2 Å². The minimum Gasteiger partial charge on any atom is -0.326 e. The van der Waals surface area contributed by atoms with Gasteiger partial charge in [-0.1, -0.05) is 42.8 Å². The van der Waals surface area contributed by atoms with Gasteiger partial charge in [0, 0.05) is 34.6 Å². The second-order valence-corrected chi connectivity index (χ2v) is 7.51. The molecular weight excluding hydrogens is 358 g/mol. The van der Waals surface area contributed by atoms with Gasteiger partial charge in [0.05, 0.1) is 6.04 Å². The van der Waals surface area contributed by atoms with E-state index >= 15 is 0 Å². The highest BCUT2D eigenvalue weighted by Crippen LogP contribution is 2.32. The van der Waals surface area contributed by atoms with Gasteiger partial charge in [0.25, 0.3) is 5.56 Å². The third-order valence-electron chi connectivity index (χ3n) is 4.21. The molecule has 1 atom stereocenters. The molecule has 2 heterocycles. The Hall–Kier alpha value is -1.79. The van der Waals surface area contributed by atoms with Gasteiger partial charge in [0.15, 0.2) is 5.16 Å². The number of carbonyl (C=O) groups is 1. The van der Waals surface area contributed by atoms with Crippen LogP contribution in [0.25, 0.3) is 0 Å². The van der Waals surface area contributed by atoms with Crippen molar-refractivity contribution in [3.63, 3.8) is 0 Å². The molecule has 0 saturated carbocycles. The molecule has 0 fully saturated rings. The Morgan fingerprint density at radius 2 is 2.28 bits per heavy atom. The second-order valence-electron chi connectivity index (χ2n) is 6.12. The SMILES string of the molecule is CCCc1cc(=O)n2c(n1)SCC2CC(=O)Nc1cccc(Cl)c1C. The Morgan fingerprint density at radius 3 is 3.04 bits per heavy atom. The molecule has 2 aromatic rings. The fraction of sp³-hybridized carbons (Fsp3) is 0.389. The van der Waals surface area contributed by atoms with Gasteiger partial charge in [0.2, 0.25) is 5.91 Å². The van der Waals surface area contributed by atoms with Gasteiger partial charge in [-0.25, -0.2) is 4.98 Å². The van der Waals surface area contributed by atoms with Gasteiger partial charge in [-0.15, -0.1) is 0 Å². The molecule has 3 rings (SSSR count). The highest BCUT2D eigenvalue weighted by molar-refractivity contribution is 7.99. The average molecular weight is 378 g/mol. The zero-order valence-electron chi connectivity index (χ0n) is 14.2. The van der Waals surface area contributed by atoms with Crippen molar-refractivity contribution in [3.8, 4) is 0 Å². The van der Waals surface area contributed by atoms with Crippen LogP contribution in [-0.4, -0.2) is 21.2 Å². The molecule has 1 unspecified atom stereocenters. The van der Waals surface area contributed by atoms with E-state index in [0.29, 0.717) is 21.6 Å². The molecule has 1 aliphatic rings. The van der Waals surface area contributed by atoms with Crippen LogP contribution in [0.4, 0.5) is 5.69 Å². The van der Waals surface area contributed by atoms with Crippen LogP contribution < -0.4 is 10.9 Å². The van der Waals surface area contributed by atoms with Crippen LogP contribution in [0.2, 0.25) is 5.02 Å². The van der Waals surface area contributed by atoms with E-state index in [-0.39, 0.29) is 23.9 Å². The zero-order chi connectivity index (χ0) is 18.0. The molecule has 25 heavy (non-hydrogen) atoms. The number of fused-ring (bicyclic) bond motifs is 1. The van der Waals surface area contributed by atoms with Crippen LogP contribution in [0.1, 0.15) is 37.1 Å². The summed E-state index contributed by atoms with van der Waals surface area (Å²) in [4.78, 5) is 29.4. The number of nitrogens with zero attached hydrogens (tertiary/aromatic N) is 2. The lowest BCUT2D eigenvalue weighted by Crippen LogP contribution is -2.27. The Balaban J connectivity index is 1.74. The van der Waals surface area contributed by atoms with Gasteiger partial charge in [-0.05, 0) is 31.0 Å². The smallest absolute Gasteiger partial charge is 0.254 e. The quantitative estimate of drug-likeness (QED) is 0.804. The lowest BCUT2D eigenvalue weighted by atomic mass is 10.1. The molecule has 1 N–H and O–H groups in total. The van der Waals surface area contributed by atoms with Crippen molar-refractivity contribution in [2.75, 3.05) is 11.1 Å². The normalized spacial score (nSPS) is 15.9. The molecule has 7 heteroatoms. The number of thioether (sulfide) groups is 1. The molecule has 0 saturated heterocycles. The molecule has 5 nitrogen and oxygen atoms in total. The van der Waals surface area contributed by atoms with Crippen LogP contribution >= 0.6 is 23.4 Å². The standard InChI is InChI=1S/C18H20ClN3O2S/c1-3-5-12-8-17(24)22-13(10-25-18(22)20-12)9-16(23)21-15-7-4-6-14(19)11(15)2/h4,6-8,13H,3,5,9-10H2,1-2H3,(H,21,23). The highest BCUT2D eigenvalue weighted by atomic mass is 35.5. The lowest BCUT2D eigenvalue weighted by Gasteiger charge is -2.14. The molecule has 132 valence electrons. The Morgan fingerprint density at radius 1 is 1.48 bits per heavy atom. The van der Waals surface area contributed by atoms with Crippen molar-refractivity contribution < 1.29 is 4.79 Å². The van der Waals surface area contributed by atoms with E-state index in [4.69, 9.17) is 11.6 Å². The predicted octanol–water partition coefficient (Wildman–Crippen LogP) is 3.83. The van der Waals surface area contributed by atoms with Gasteiger partial charge in [-0.3, -0.25) is 14.2 Å². The van der Waals surface area contributed by atoms with Crippen molar-refractivity contribution in [1.29, 1.82) is 0 Å². The van der Waals surface area contributed by atoms with E-state index in [9.17, 15) is 9.59 Å². The number of nitrogens with one attached hydrogen (secondary N) is 1. The molecule has 0 radical (unpaired) electrons. The van der Waals surface area contributed by atoms with Gasteiger partial charge in [-0.2, -0.15) is 0 Å². The summed E-state index contributed by atoms with van der Waals surface area (Å²) in [7, 11) is 0. The van der Waals surface area contributed by atoms with E-state index in [0.717, 1.165) is 24.1 Å². The fourth-order valence-electron chi connectivity index (χ4n) is 2.89. The Bertz CT molecular complexity index is 866. The molecule has 0 spiro atoms. The fourth-order valence-corrected chi connectivity index (χ4v) is 4.23. The lowest BCUT2D eigenvalue weighted by molar-refractivity contribution is -0.116. The van der Waals surface area contributed by atoms with E-state index in [1.54, 1.807) is 22.8 Å². The number of hydrogen-bond acceptors (Lipinski definition) is 4. The maximum absolute atomic E-state index is 12.4. The largest absolute Gasteiger partial charge is 0.326 e. The summed E-state index contributed by atoms with van der Waals surface area (Å²) in [5.74, 6) is 0.549. The summed E-state index contributed by atoms with van der Waals surface area (Å²) in [6.45, 7) is 3.92. The van der Waals surface area contributed by atoms with E-state index in [1.165, 1.54) is 11.8 Å². The summed E-state index contributed by atoms with van der Waals surface area (Å²) in [5.41, 5.74) is 2.29. The van der Waals surface area contributed by atoms with Gasteiger partial charge >= 0.3 is 0 Å². The number of benzene rings is 1. The van der Waals surface area contributed by atoms with Crippen LogP contribution in [0.3, 0.4) is 0 Å². The molecule has 1 aromatic heterocycles. The first-order valence-corrected chi connectivity index (χ1v) is 9.66. The number of carbonyl (C=O) groups excluding carboxylic acids is 1. The monoisotopic (exact) mass is 377 g/mol. The number of amides is 1. The molecule has 1 aromatic carbocycles. The van der Waals surface area contributed by atoms with E-state index in [2.05, 4.69) is 17.2 Å². The summed E-state index contributed by atoms with van der Waals surface area (Å²) in [5, 5.41) is 4.22. The minimum atomic E-state index is -0.171. The topological polar surface area (TPSA) is 64.0 Å². The molecule has 1 amide bonds. The van der Waals surface area contributed by atoms with Crippen LogP contribution in [0.5, 0.6) is 0 Å². The summed E-state index contributed by atoms with van der Waals surface area (Å²) in [6.07, 6.45) is 1.98. The number of rotatable bonds is 5. The molecule has 0 bridgehead atoms. The Labute approximate surface area is 155 Å². The average Bonchev–Trinajstić information content (AvgIpc) is 2.95.